The number of hydrogen-bond donors (Lipinski definition) is 3. The van der Waals surface area contributed by atoms with Crippen LogP contribution in [-0.2, 0) is 4.79 Å². The van der Waals surface area contributed by atoms with E-state index >= 15 is 0 Å². The van der Waals surface area contributed by atoms with Crippen molar-refractivity contribution in [2.45, 2.75) is 19.3 Å². The van der Waals surface area contributed by atoms with E-state index in [9.17, 15) is 9.59 Å². The molecule has 0 spiro atoms. The van der Waals surface area contributed by atoms with Crippen LogP contribution in [0.15, 0.2) is 79.1 Å². The number of unbranched alkanes of at least 4 members (excludes halogenated alkanes) is 1. The van der Waals surface area contributed by atoms with Crippen LogP contribution in [0.2, 0.25) is 5.02 Å². The third-order valence-electron chi connectivity index (χ3n) is 4.59. The number of carbonyl (C=O) groups is 2. The summed E-state index contributed by atoms with van der Waals surface area (Å²) in [5.74, 6) is -0.820. The quantitative estimate of drug-likeness (QED) is 0.268. The molecule has 0 aliphatic rings. The standard InChI is InChI=1S/C24H22ClN3O3S/c25-19-8-4-9-20(15-19)27-24(31)28(32)21-10-3-6-17(14-21)22(11-1-2-12-23(29)30)18-7-5-13-26-16-18/h3-11,13-16,32H,1-2,12H2,(H,27,31)(H,29,30). The van der Waals surface area contributed by atoms with Crippen LogP contribution in [0, 0.1) is 0 Å². The van der Waals surface area contributed by atoms with Crippen LogP contribution in [-0.4, -0.2) is 22.1 Å². The molecule has 3 aromatic rings. The second kappa shape index (κ2) is 11.4. The highest BCUT2D eigenvalue weighted by Crippen LogP contribution is 2.28. The number of halogens is 1. The molecule has 0 unspecified atom stereocenters. The Kier molecular flexibility index (Phi) is 8.30. The van der Waals surface area contributed by atoms with Gasteiger partial charge in [0.2, 0.25) is 0 Å². The first kappa shape index (κ1) is 23.4. The number of amides is 2. The highest BCUT2D eigenvalue weighted by atomic mass is 35.5. The fourth-order valence-electron chi connectivity index (χ4n) is 3.09. The van der Waals surface area contributed by atoms with Gasteiger partial charge in [-0.3, -0.25) is 9.78 Å². The molecule has 2 amide bonds. The van der Waals surface area contributed by atoms with Gasteiger partial charge in [0.15, 0.2) is 0 Å². The molecule has 32 heavy (non-hydrogen) atoms. The minimum absolute atomic E-state index is 0.102. The maximum absolute atomic E-state index is 12.7. The molecule has 0 saturated heterocycles. The summed E-state index contributed by atoms with van der Waals surface area (Å²) >= 11 is 10.4. The number of aromatic nitrogens is 1. The molecule has 8 heteroatoms. The molecule has 0 radical (unpaired) electrons. The normalized spacial score (nSPS) is 11.1. The average Bonchev–Trinajstić information content (AvgIpc) is 2.79. The molecule has 0 aliphatic heterocycles. The van der Waals surface area contributed by atoms with Gasteiger partial charge < -0.3 is 10.4 Å². The number of carbonyl (C=O) groups excluding carboxylic acids is 1. The zero-order valence-corrected chi connectivity index (χ0v) is 18.8. The van der Waals surface area contributed by atoms with Crippen molar-refractivity contribution in [1.29, 1.82) is 0 Å². The molecule has 0 saturated carbocycles. The van der Waals surface area contributed by atoms with Gasteiger partial charge in [-0.15, -0.1) is 0 Å². The first-order valence-electron chi connectivity index (χ1n) is 9.92. The lowest BCUT2D eigenvalue weighted by atomic mass is 9.97. The lowest BCUT2D eigenvalue weighted by molar-refractivity contribution is -0.137. The van der Waals surface area contributed by atoms with E-state index < -0.39 is 12.0 Å². The Labute approximate surface area is 197 Å². The minimum atomic E-state index is -0.820. The third-order valence-corrected chi connectivity index (χ3v) is 5.23. The van der Waals surface area contributed by atoms with Crippen LogP contribution in [0.3, 0.4) is 0 Å². The molecule has 0 aliphatic carbocycles. The number of carboxylic acid groups (broad SMARTS) is 1. The van der Waals surface area contributed by atoms with Gasteiger partial charge in [-0.1, -0.05) is 54.8 Å². The fourth-order valence-corrected chi connectivity index (χ4v) is 3.45. The molecule has 2 aromatic carbocycles. The molecule has 1 heterocycles. The summed E-state index contributed by atoms with van der Waals surface area (Å²) in [5.41, 5.74) is 3.80. The highest BCUT2D eigenvalue weighted by molar-refractivity contribution is 7.82. The van der Waals surface area contributed by atoms with Crippen LogP contribution in [0.5, 0.6) is 0 Å². The molecular formula is C24H22ClN3O3S. The topological polar surface area (TPSA) is 82.5 Å². The van der Waals surface area contributed by atoms with Crippen LogP contribution in [0.4, 0.5) is 16.2 Å². The number of anilines is 2. The molecule has 2 N–H and O–H groups in total. The SMILES string of the molecule is O=C(O)CCCC=C(c1cccnc1)c1cccc(N(S)C(=O)Nc2cccc(Cl)c2)c1. The van der Waals surface area contributed by atoms with E-state index in [-0.39, 0.29) is 6.42 Å². The number of carboxylic acids is 1. The van der Waals surface area contributed by atoms with E-state index in [1.54, 1.807) is 42.7 Å². The Morgan fingerprint density at radius 2 is 1.88 bits per heavy atom. The van der Waals surface area contributed by atoms with E-state index in [1.807, 2.05) is 36.4 Å². The van der Waals surface area contributed by atoms with E-state index in [0.717, 1.165) is 16.7 Å². The average molecular weight is 468 g/mol. The zero-order valence-electron chi connectivity index (χ0n) is 17.1. The van der Waals surface area contributed by atoms with Crippen molar-refractivity contribution < 1.29 is 14.7 Å². The van der Waals surface area contributed by atoms with Crippen molar-refractivity contribution in [2.75, 3.05) is 9.62 Å². The molecule has 0 atom stereocenters. The van der Waals surface area contributed by atoms with Crippen molar-refractivity contribution >= 4 is 53.4 Å². The van der Waals surface area contributed by atoms with E-state index in [1.165, 1.54) is 4.31 Å². The number of pyridine rings is 1. The maximum Gasteiger partial charge on any atom is 0.336 e. The summed E-state index contributed by atoms with van der Waals surface area (Å²) in [7, 11) is 0. The number of thiol groups is 1. The second-order valence-electron chi connectivity index (χ2n) is 6.95. The van der Waals surface area contributed by atoms with Crippen molar-refractivity contribution in [2.24, 2.45) is 0 Å². The molecule has 0 fully saturated rings. The minimum Gasteiger partial charge on any atom is -0.481 e. The van der Waals surface area contributed by atoms with Crippen molar-refractivity contribution in [1.82, 2.24) is 4.98 Å². The number of hydrogen-bond acceptors (Lipinski definition) is 4. The third kappa shape index (κ3) is 6.60. The number of urea groups is 1. The number of nitrogens with one attached hydrogen (secondary N) is 1. The number of nitrogens with zero attached hydrogens (tertiary/aromatic N) is 2. The van der Waals surface area contributed by atoms with Gasteiger partial charge in [-0.25, -0.2) is 9.10 Å². The molecule has 3 rings (SSSR count). The summed E-state index contributed by atoms with van der Waals surface area (Å²) in [6, 6.07) is 17.6. The monoisotopic (exact) mass is 467 g/mol. The maximum atomic E-state index is 12.7. The van der Waals surface area contributed by atoms with Crippen LogP contribution >= 0.6 is 24.4 Å². The van der Waals surface area contributed by atoms with Gasteiger partial charge in [0.05, 0.1) is 5.69 Å². The Hall–Kier alpha value is -3.29. The highest BCUT2D eigenvalue weighted by Gasteiger charge is 2.14. The molecule has 1 aromatic heterocycles. The number of allylic oxidation sites excluding steroid dienone is 1. The van der Waals surface area contributed by atoms with Crippen LogP contribution in [0.25, 0.3) is 5.57 Å². The predicted octanol–water partition coefficient (Wildman–Crippen LogP) is 6.30. The summed E-state index contributed by atoms with van der Waals surface area (Å²) in [4.78, 5) is 27.7. The van der Waals surface area contributed by atoms with Crippen LogP contribution in [0.1, 0.15) is 30.4 Å². The molecule has 6 nitrogen and oxygen atoms in total. The first-order valence-corrected chi connectivity index (χ1v) is 10.7. The first-order chi connectivity index (χ1) is 15.4. The van der Waals surface area contributed by atoms with Gasteiger partial charge >= 0.3 is 12.0 Å². The number of rotatable bonds is 8. The van der Waals surface area contributed by atoms with E-state index in [0.29, 0.717) is 29.2 Å². The second-order valence-corrected chi connectivity index (χ2v) is 7.78. The lowest BCUT2D eigenvalue weighted by Gasteiger charge is -2.18. The van der Waals surface area contributed by atoms with Gasteiger partial charge in [0, 0.05) is 35.1 Å². The Morgan fingerprint density at radius 1 is 1.09 bits per heavy atom. The van der Waals surface area contributed by atoms with Gasteiger partial charge in [0.1, 0.15) is 0 Å². The van der Waals surface area contributed by atoms with Crippen molar-refractivity contribution in [3.8, 4) is 0 Å². The van der Waals surface area contributed by atoms with Crippen molar-refractivity contribution in [3.63, 3.8) is 0 Å². The smallest absolute Gasteiger partial charge is 0.336 e. The molecular weight excluding hydrogens is 446 g/mol. The number of benzene rings is 2. The van der Waals surface area contributed by atoms with Gasteiger partial charge in [-0.05, 0) is 60.4 Å². The molecule has 164 valence electrons. The fraction of sp³-hybridized carbons (Fsp3) is 0.125. The van der Waals surface area contributed by atoms with E-state index in [4.69, 9.17) is 16.7 Å². The number of aliphatic carboxylic acids is 1. The Morgan fingerprint density at radius 3 is 2.59 bits per heavy atom. The van der Waals surface area contributed by atoms with Crippen molar-refractivity contribution in [3.05, 3.63) is 95.3 Å². The summed E-state index contributed by atoms with van der Waals surface area (Å²) < 4.78 is 1.22. The summed E-state index contributed by atoms with van der Waals surface area (Å²) in [6.07, 6.45) is 6.66. The summed E-state index contributed by atoms with van der Waals surface area (Å²) in [5, 5.41) is 12.2. The Bertz CT molecular complexity index is 1120. The molecule has 0 bridgehead atoms. The van der Waals surface area contributed by atoms with Crippen LogP contribution < -0.4 is 9.62 Å². The summed E-state index contributed by atoms with van der Waals surface area (Å²) in [6.45, 7) is 0. The lowest BCUT2D eigenvalue weighted by Crippen LogP contribution is -2.26. The van der Waals surface area contributed by atoms with E-state index in [2.05, 4.69) is 23.1 Å². The predicted molar refractivity (Wildman–Crippen MR) is 131 cm³/mol. The van der Waals surface area contributed by atoms with Gasteiger partial charge in [-0.2, -0.15) is 0 Å². The Balaban J connectivity index is 1.84. The largest absolute Gasteiger partial charge is 0.481 e. The van der Waals surface area contributed by atoms with Gasteiger partial charge in [0.25, 0.3) is 0 Å². The zero-order chi connectivity index (χ0) is 22.9.